The highest BCUT2D eigenvalue weighted by Gasteiger charge is 2.37. The highest BCUT2D eigenvalue weighted by atomic mass is 32.2. The maximum absolute atomic E-state index is 12.5. The molecule has 1 aliphatic rings. The van der Waals surface area contributed by atoms with Crippen LogP contribution in [0.25, 0.3) is 11.0 Å². The molecule has 9 nitrogen and oxygen atoms in total. The topological polar surface area (TPSA) is 129 Å². The highest BCUT2D eigenvalue weighted by Crippen LogP contribution is 2.37. The van der Waals surface area contributed by atoms with E-state index in [9.17, 15) is 18.0 Å². The van der Waals surface area contributed by atoms with Gasteiger partial charge in [-0.1, -0.05) is 126 Å². The van der Waals surface area contributed by atoms with Crippen LogP contribution in [-0.2, 0) is 51.2 Å². The monoisotopic (exact) mass is 982 g/mol. The molecular formula is C56H78O9SSi2. The Morgan fingerprint density at radius 1 is 0.647 bits per heavy atom. The maximum atomic E-state index is 12.5. The molecule has 0 spiro atoms. The Morgan fingerprint density at radius 2 is 1.12 bits per heavy atom. The summed E-state index contributed by atoms with van der Waals surface area (Å²) in [5, 5.41) is 10.1. The number of rotatable bonds is 17. The summed E-state index contributed by atoms with van der Waals surface area (Å²) in [7, 11) is -6.51. The molecule has 4 aromatic carbocycles. The number of ether oxygens (including phenoxy) is 1. The Morgan fingerprint density at radius 3 is 1.62 bits per heavy atom. The molecule has 370 valence electrons. The Labute approximate surface area is 409 Å². The number of carbonyl (C=O) groups excluding carboxylic acids is 1. The first-order chi connectivity index (χ1) is 31.8. The molecule has 0 saturated carbocycles. The van der Waals surface area contributed by atoms with Crippen molar-refractivity contribution in [2.24, 2.45) is 0 Å². The number of hydrogen-bond donors (Lipinski definition) is 1. The summed E-state index contributed by atoms with van der Waals surface area (Å²) in [5.41, 5.74) is 7.44. The molecule has 6 rings (SSSR count). The minimum atomic E-state index is -3.29. The lowest BCUT2D eigenvalue weighted by Gasteiger charge is -2.36. The predicted octanol–water partition coefficient (Wildman–Crippen LogP) is 13.3. The molecule has 68 heavy (non-hydrogen) atoms. The normalized spacial score (nSPS) is 13.4. The molecule has 1 N–H and O–H groups in total. The summed E-state index contributed by atoms with van der Waals surface area (Å²) >= 11 is 0. The number of benzene rings is 4. The van der Waals surface area contributed by atoms with E-state index in [1.807, 2.05) is 30.3 Å². The van der Waals surface area contributed by atoms with Gasteiger partial charge in [0, 0.05) is 37.0 Å². The van der Waals surface area contributed by atoms with Crippen LogP contribution in [0.2, 0.25) is 36.3 Å². The smallest absolute Gasteiger partial charge is 0.292 e. The summed E-state index contributed by atoms with van der Waals surface area (Å²) in [4.78, 5) is 24.7. The van der Waals surface area contributed by atoms with Crippen LogP contribution < -0.4 is 10.2 Å². The summed E-state index contributed by atoms with van der Waals surface area (Å²) < 4.78 is 47.2. The summed E-state index contributed by atoms with van der Waals surface area (Å²) in [6.07, 6.45) is 8.08. The van der Waals surface area contributed by atoms with Gasteiger partial charge in [0.25, 0.3) is 5.95 Å². The fourth-order valence-electron chi connectivity index (χ4n) is 7.00. The number of Topliss-reactive ketones (excluding diaryl/α,β-unsaturated/α-hetero) is 1. The van der Waals surface area contributed by atoms with Crippen molar-refractivity contribution in [1.29, 1.82) is 0 Å². The number of aliphatic hydroxyl groups is 1. The zero-order valence-corrected chi connectivity index (χ0v) is 46.0. The van der Waals surface area contributed by atoms with E-state index in [1.165, 1.54) is 11.1 Å². The van der Waals surface area contributed by atoms with Crippen molar-refractivity contribution in [2.75, 3.05) is 19.5 Å². The van der Waals surface area contributed by atoms with Crippen LogP contribution in [0.15, 0.2) is 117 Å². The van der Waals surface area contributed by atoms with Crippen LogP contribution in [0.5, 0.6) is 5.95 Å². The molecule has 1 aromatic heterocycles. The van der Waals surface area contributed by atoms with E-state index in [1.54, 1.807) is 44.2 Å². The van der Waals surface area contributed by atoms with Gasteiger partial charge in [0.15, 0.2) is 37.7 Å². The Hall–Kier alpha value is -4.44. The van der Waals surface area contributed by atoms with Crippen molar-refractivity contribution in [3.63, 3.8) is 0 Å². The van der Waals surface area contributed by atoms with Crippen molar-refractivity contribution < 1.29 is 36.3 Å². The Balaban J connectivity index is 0.000000240. The van der Waals surface area contributed by atoms with E-state index in [0.717, 1.165) is 74.7 Å². The first-order valence-corrected chi connectivity index (χ1v) is 31.7. The van der Waals surface area contributed by atoms with Gasteiger partial charge in [-0.05, 0) is 129 Å². The molecule has 12 heteroatoms. The van der Waals surface area contributed by atoms with Gasteiger partial charge in [-0.15, -0.1) is 0 Å². The van der Waals surface area contributed by atoms with Gasteiger partial charge < -0.3 is 23.1 Å². The minimum Gasteiger partial charge on any atom is -0.460 e. The molecule has 0 bridgehead atoms. The zero-order chi connectivity index (χ0) is 50.5. The van der Waals surface area contributed by atoms with E-state index in [-0.39, 0.29) is 27.8 Å². The number of hydrogen-bond acceptors (Lipinski definition) is 9. The maximum Gasteiger partial charge on any atom is 0.292 e. The summed E-state index contributed by atoms with van der Waals surface area (Å²) in [5.74, 6) is 0.113. The van der Waals surface area contributed by atoms with E-state index < -0.39 is 26.5 Å². The number of fused-ring (bicyclic) bond motifs is 2. The molecule has 1 aliphatic carbocycles. The number of aryl methyl sites for hydroxylation is 2. The zero-order valence-electron chi connectivity index (χ0n) is 43.1. The number of unbranched alkanes of at least 4 members (excludes halogenated alkanes) is 2. The minimum absolute atomic E-state index is 0.0465. The van der Waals surface area contributed by atoms with Gasteiger partial charge >= 0.3 is 0 Å². The van der Waals surface area contributed by atoms with Crippen molar-refractivity contribution in [3.8, 4) is 5.95 Å². The first-order valence-electron chi connectivity index (χ1n) is 24.0. The molecule has 0 radical (unpaired) electrons. The lowest BCUT2D eigenvalue weighted by atomic mass is 9.91. The summed E-state index contributed by atoms with van der Waals surface area (Å²) in [6, 6.07) is 31.1. The molecule has 5 aromatic rings. The molecule has 0 unspecified atom stereocenters. The third kappa shape index (κ3) is 16.1. The average molecular weight is 983 g/mol. The second kappa shape index (κ2) is 24.4. The molecular weight excluding hydrogens is 905 g/mol. The third-order valence-electron chi connectivity index (χ3n) is 13.7. The molecule has 0 fully saturated rings. The van der Waals surface area contributed by atoms with Gasteiger partial charge in [0.05, 0.1) is 22.5 Å². The van der Waals surface area contributed by atoms with Gasteiger partial charge in [0.2, 0.25) is 0 Å². The van der Waals surface area contributed by atoms with Crippen LogP contribution in [0.1, 0.15) is 118 Å². The van der Waals surface area contributed by atoms with Gasteiger partial charge in [0.1, 0.15) is 12.2 Å². The van der Waals surface area contributed by atoms with Crippen LogP contribution in [-0.4, -0.2) is 55.4 Å². The van der Waals surface area contributed by atoms with E-state index in [2.05, 4.69) is 104 Å². The van der Waals surface area contributed by atoms with Crippen molar-refractivity contribution >= 4 is 43.2 Å². The van der Waals surface area contributed by atoms with Crippen LogP contribution in [0.4, 0.5) is 0 Å². The molecule has 0 saturated heterocycles. The van der Waals surface area contributed by atoms with E-state index in [4.69, 9.17) is 23.1 Å². The fraction of sp³-hybridized carbons (Fsp3) is 0.464. The lowest BCUT2D eigenvalue weighted by molar-refractivity contribution is 0.103. The second-order valence-electron chi connectivity index (χ2n) is 21.0. The number of para-hydroxylation sites is 1. The molecule has 0 amide bonds. The lowest BCUT2D eigenvalue weighted by Crippen LogP contribution is -2.40. The van der Waals surface area contributed by atoms with Gasteiger partial charge in [-0.3, -0.25) is 9.59 Å². The van der Waals surface area contributed by atoms with Crippen molar-refractivity contribution in [3.05, 3.63) is 157 Å². The van der Waals surface area contributed by atoms with Crippen molar-refractivity contribution in [2.45, 2.75) is 150 Å². The first kappa shape index (κ1) is 56.2. The highest BCUT2D eigenvalue weighted by molar-refractivity contribution is 7.94. The average Bonchev–Trinajstić information content (AvgIpc) is 3.28. The number of allylic oxidation sites excluding steroid dienone is 2. The summed E-state index contributed by atoms with van der Waals surface area (Å²) in [6.45, 7) is 28.4. The molecule has 0 atom stereocenters. The van der Waals surface area contributed by atoms with E-state index in [0.29, 0.717) is 51.7 Å². The van der Waals surface area contributed by atoms with Crippen LogP contribution in [0.3, 0.4) is 0 Å². The number of aliphatic hydroxyl groups excluding tert-OH is 1. The molecule has 1 heterocycles. The fourth-order valence-corrected chi connectivity index (χ4v) is 10.2. The van der Waals surface area contributed by atoms with E-state index >= 15 is 0 Å². The number of sulfone groups is 1. The van der Waals surface area contributed by atoms with Gasteiger partial charge in [-0.2, -0.15) is 0 Å². The number of carbonyl (C=O) groups is 1. The quantitative estimate of drug-likeness (QED) is 0.0715. The largest absolute Gasteiger partial charge is 0.460 e. The van der Waals surface area contributed by atoms with Gasteiger partial charge in [-0.25, -0.2) is 8.42 Å². The van der Waals surface area contributed by atoms with Crippen LogP contribution in [0, 0.1) is 6.92 Å². The number of ketones is 1. The predicted molar refractivity (Wildman–Crippen MR) is 285 cm³/mol. The standard InChI is InChI=1S/C27H36O4Si.C17H30O2Si.C12H12O3S/c1-20-25(28)23-12-7-8-13-24(23)31-26(20)29-19-22-16-14-21(15-17-22)11-9-10-18-30-32(5,6)27(2,3)4;1-17(2,3)20(4,5)19-13-7-6-8-15-9-11-16(14-18)12-10-15;1-8-11(16(2,14)15)7-9-5-3-4-6-10(9)12(8)13/h7-8,12-17H,9-11,18-19H2,1-6H3;9-12,18H,6-8,13-14H2,1-5H3;3-6H,7H2,1-2H3. The van der Waals surface area contributed by atoms with Crippen LogP contribution >= 0.6 is 0 Å². The SMILES string of the molecule is CC(C)(C)[Si](C)(C)OCCCCc1ccc(CO)cc1.CC1=C(S(C)(=O)=O)Cc2ccccc2C1=O.Cc1c(OCc2ccc(CCCCO[Si](C)(C)C(C)(C)C)cc2)oc2ccccc2c1=O. The van der Waals surface area contributed by atoms with Crippen molar-refractivity contribution in [1.82, 2.24) is 0 Å². The second-order valence-corrected chi connectivity index (χ2v) is 32.7. The third-order valence-corrected chi connectivity index (χ3v) is 24.1. The Bertz CT molecular complexity index is 2630. The molecule has 0 aliphatic heterocycles. The Kier molecular flexibility index (Phi) is 20.2.